The molecular formula is C23H31F2N5O3. The molecule has 1 aliphatic heterocycles. The highest BCUT2D eigenvalue weighted by atomic mass is 19.1. The second kappa shape index (κ2) is 10.5. The number of anilines is 1. The lowest BCUT2D eigenvalue weighted by Gasteiger charge is -2.37. The van der Waals surface area contributed by atoms with Crippen molar-refractivity contribution in [1.29, 1.82) is 0 Å². The van der Waals surface area contributed by atoms with Crippen LogP contribution in [0.25, 0.3) is 11.4 Å². The van der Waals surface area contributed by atoms with Gasteiger partial charge in [0, 0.05) is 37.8 Å². The number of carbonyl (C=O) groups is 2. The number of piperidine rings is 1. The average molecular weight is 464 g/mol. The van der Waals surface area contributed by atoms with E-state index in [0.29, 0.717) is 31.6 Å². The molecular weight excluding hydrogens is 432 g/mol. The van der Waals surface area contributed by atoms with Gasteiger partial charge in [-0.3, -0.25) is 0 Å². The summed E-state index contributed by atoms with van der Waals surface area (Å²) in [5.41, 5.74) is 0.00772. The van der Waals surface area contributed by atoms with Gasteiger partial charge in [0.25, 0.3) is 0 Å². The zero-order valence-corrected chi connectivity index (χ0v) is 18.6. The first kappa shape index (κ1) is 26.0. The predicted octanol–water partition coefficient (Wildman–Crippen LogP) is 4.92. The van der Waals surface area contributed by atoms with Gasteiger partial charge in [0.1, 0.15) is 17.2 Å². The number of benzene rings is 1. The molecule has 0 spiro atoms. The van der Waals surface area contributed by atoms with Crippen LogP contribution in [0.5, 0.6) is 0 Å². The van der Waals surface area contributed by atoms with Crippen molar-refractivity contribution in [3.8, 4) is 11.4 Å². The molecule has 33 heavy (non-hydrogen) atoms. The summed E-state index contributed by atoms with van der Waals surface area (Å²) in [6.07, 6.45) is 3.66. The van der Waals surface area contributed by atoms with Crippen molar-refractivity contribution in [3.05, 3.63) is 42.2 Å². The number of urea groups is 1. The first-order valence-electron chi connectivity index (χ1n) is 10.3. The number of nitrogens with one attached hydrogen (secondary N) is 1. The lowest BCUT2D eigenvalue weighted by Crippen LogP contribution is -2.49. The minimum absolute atomic E-state index is 0. The highest BCUT2D eigenvalue weighted by molar-refractivity contribution is 5.89. The van der Waals surface area contributed by atoms with Gasteiger partial charge in [-0.15, -0.1) is 0 Å². The Hall–Kier alpha value is -3.30. The molecule has 3 amide bonds. The molecule has 1 aromatic heterocycles. The summed E-state index contributed by atoms with van der Waals surface area (Å²) in [7, 11) is 1.69. The average Bonchev–Trinajstić information content (AvgIpc) is 2.72. The van der Waals surface area contributed by atoms with Crippen LogP contribution in [-0.2, 0) is 4.74 Å². The van der Waals surface area contributed by atoms with Crippen LogP contribution < -0.4 is 5.32 Å². The van der Waals surface area contributed by atoms with Crippen LogP contribution in [0.1, 0.15) is 41.0 Å². The molecule has 0 unspecified atom stereocenters. The van der Waals surface area contributed by atoms with Crippen molar-refractivity contribution >= 4 is 17.8 Å². The molecule has 1 fully saturated rings. The highest BCUT2D eigenvalue weighted by Gasteiger charge is 2.30. The van der Waals surface area contributed by atoms with Gasteiger partial charge in [-0.2, -0.15) is 0 Å². The molecule has 10 heteroatoms. The minimum Gasteiger partial charge on any atom is -0.444 e. The Morgan fingerprint density at radius 1 is 1.09 bits per heavy atom. The second-order valence-corrected chi connectivity index (χ2v) is 8.69. The third kappa shape index (κ3) is 7.10. The number of hydrogen-bond donors (Lipinski definition) is 1. The Balaban J connectivity index is 0.00000385. The number of ether oxygens (including phenoxy) is 1. The second-order valence-electron chi connectivity index (χ2n) is 8.69. The van der Waals surface area contributed by atoms with Crippen LogP contribution in [0.3, 0.4) is 0 Å². The summed E-state index contributed by atoms with van der Waals surface area (Å²) in [5, 5.41) is 2.71. The first-order valence-corrected chi connectivity index (χ1v) is 10.3. The van der Waals surface area contributed by atoms with Gasteiger partial charge in [-0.05, 0) is 45.7 Å². The maximum atomic E-state index is 13.4. The summed E-state index contributed by atoms with van der Waals surface area (Å²) in [6.45, 7) is 6.46. The van der Waals surface area contributed by atoms with Crippen molar-refractivity contribution < 1.29 is 23.1 Å². The minimum atomic E-state index is -0.722. The Bertz CT molecular complexity index is 951. The number of halogens is 2. The maximum absolute atomic E-state index is 13.4. The molecule has 1 aromatic carbocycles. The lowest BCUT2D eigenvalue weighted by atomic mass is 10.0. The quantitative estimate of drug-likeness (QED) is 0.698. The number of likely N-dealkylation sites (tertiary alicyclic amines) is 1. The van der Waals surface area contributed by atoms with E-state index in [1.165, 1.54) is 12.4 Å². The third-order valence-corrected chi connectivity index (χ3v) is 5.01. The van der Waals surface area contributed by atoms with E-state index in [1.807, 2.05) is 20.8 Å². The lowest BCUT2D eigenvalue weighted by molar-refractivity contribution is 0.0174. The van der Waals surface area contributed by atoms with E-state index in [4.69, 9.17) is 4.74 Å². The van der Waals surface area contributed by atoms with E-state index in [1.54, 1.807) is 16.8 Å². The Kier molecular flexibility index (Phi) is 8.29. The molecule has 1 saturated heterocycles. The van der Waals surface area contributed by atoms with E-state index >= 15 is 0 Å². The molecule has 0 atom stereocenters. The number of rotatable bonds is 3. The molecule has 0 aliphatic carbocycles. The van der Waals surface area contributed by atoms with Crippen molar-refractivity contribution in [2.45, 2.75) is 52.7 Å². The van der Waals surface area contributed by atoms with Gasteiger partial charge in [-0.25, -0.2) is 28.3 Å². The van der Waals surface area contributed by atoms with Gasteiger partial charge in [-0.1, -0.05) is 7.43 Å². The van der Waals surface area contributed by atoms with Gasteiger partial charge >= 0.3 is 12.1 Å². The Morgan fingerprint density at radius 3 is 2.15 bits per heavy atom. The number of carbonyl (C=O) groups excluding carboxylic acids is 2. The normalized spacial score (nSPS) is 14.3. The van der Waals surface area contributed by atoms with E-state index in [9.17, 15) is 18.4 Å². The van der Waals surface area contributed by atoms with Crippen LogP contribution in [0.2, 0.25) is 0 Å². The number of nitrogens with zero attached hydrogens (tertiary/aromatic N) is 4. The maximum Gasteiger partial charge on any atom is 0.410 e. The van der Waals surface area contributed by atoms with Gasteiger partial charge in [0.05, 0.1) is 18.1 Å². The van der Waals surface area contributed by atoms with Crippen molar-refractivity contribution in [2.75, 3.05) is 25.5 Å². The van der Waals surface area contributed by atoms with Crippen LogP contribution >= 0.6 is 0 Å². The Labute approximate surface area is 193 Å². The summed E-state index contributed by atoms with van der Waals surface area (Å²) in [5.74, 6) is -1.30. The van der Waals surface area contributed by atoms with Gasteiger partial charge in [0.15, 0.2) is 5.82 Å². The van der Waals surface area contributed by atoms with Crippen LogP contribution in [0.15, 0.2) is 30.6 Å². The van der Waals surface area contributed by atoms with E-state index in [2.05, 4.69) is 15.3 Å². The van der Waals surface area contributed by atoms with E-state index in [0.717, 1.165) is 18.2 Å². The monoisotopic (exact) mass is 463 g/mol. The van der Waals surface area contributed by atoms with E-state index < -0.39 is 17.2 Å². The highest BCUT2D eigenvalue weighted by Crippen LogP contribution is 2.21. The molecule has 2 aromatic rings. The van der Waals surface area contributed by atoms with Crippen molar-refractivity contribution in [3.63, 3.8) is 0 Å². The standard InChI is InChI=1S/C22H27F2N5O3.CH4/c1-22(2,3)32-21(31)29-7-5-18(6-8-29)28(4)20(30)27-17-12-25-19(26-13-17)14-9-15(23)11-16(24)10-14;/h9-13,18H,5-8H2,1-4H3,(H,27,30);1H4. The summed E-state index contributed by atoms with van der Waals surface area (Å²) >= 11 is 0. The molecule has 0 bridgehead atoms. The van der Waals surface area contributed by atoms with Crippen molar-refractivity contribution in [2.24, 2.45) is 0 Å². The molecule has 1 aliphatic rings. The predicted molar refractivity (Wildman–Crippen MR) is 122 cm³/mol. The third-order valence-electron chi connectivity index (χ3n) is 5.01. The fraction of sp³-hybridized carbons (Fsp3) is 0.478. The molecule has 0 radical (unpaired) electrons. The smallest absolute Gasteiger partial charge is 0.410 e. The van der Waals surface area contributed by atoms with Crippen LogP contribution in [0.4, 0.5) is 24.1 Å². The summed E-state index contributed by atoms with van der Waals surface area (Å²) < 4.78 is 32.2. The van der Waals surface area contributed by atoms with Crippen molar-refractivity contribution in [1.82, 2.24) is 19.8 Å². The fourth-order valence-corrected chi connectivity index (χ4v) is 3.36. The van der Waals surface area contributed by atoms with Gasteiger partial charge in [0.2, 0.25) is 0 Å². The molecule has 0 saturated carbocycles. The number of hydrogen-bond acceptors (Lipinski definition) is 5. The van der Waals surface area contributed by atoms with E-state index in [-0.39, 0.29) is 37.0 Å². The van der Waals surface area contributed by atoms with Gasteiger partial charge < -0.3 is 19.9 Å². The van der Waals surface area contributed by atoms with Crippen LogP contribution in [0, 0.1) is 11.6 Å². The SMILES string of the molecule is C.CN(C(=O)Nc1cnc(-c2cc(F)cc(F)c2)nc1)C1CCN(C(=O)OC(C)(C)C)CC1. The van der Waals surface area contributed by atoms with Crippen LogP contribution in [-0.4, -0.2) is 63.7 Å². The largest absolute Gasteiger partial charge is 0.444 e. The zero-order chi connectivity index (χ0) is 23.5. The number of aromatic nitrogens is 2. The molecule has 180 valence electrons. The first-order chi connectivity index (χ1) is 15.0. The topological polar surface area (TPSA) is 87.7 Å². The zero-order valence-electron chi connectivity index (χ0n) is 18.6. The summed E-state index contributed by atoms with van der Waals surface area (Å²) in [6, 6.07) is 2.66. The molecule has 8 nitrogen and oxygen atoms in total. The Morgan fingerprint density at radius 2 is 1.64 bits per heavy atom. The number of amides is 3. The summed E-state index contributed by atoms with van der Waals surface area (Å²) in [4.78, 5) is 36.2. The fourth-order valence-electron chi connectivity index (χ4n) is 3.36. The molecule has 1 N–H and O–H groups in total. The molecule has 2 heterocycles. The molecule has 3 rings (SSSR count).